The van der Waals surface area contributed by atoms with Gasteiger partial charge in [-0.2, -0.15) is 0 Å². The molecule has 0 bridgehead atoms. The van der Waals surface area contributed by atoms with Crippen molar-refractivity contribution < 1.29 is 18.5 Å². The van der Waals surface area contributed by atoms with E-state index < -0.39 is 11.6 Å². The Morgan fingerprint density at radius 1 is 0.964 bits per heavy atom. The lowest BCUT2D eigenvalue weighted by Crippen LogP contribution is -3.11. The lowest BCUT2D eigenvalue weighted by Gasteiger charge is -2.26. The molecule has 1 amide bonds. The van der Waals surface area contributed by atoms with E-state index >= 15 is 0 Å². The fourth-order valence-corrected chi connectivity index (χ4v) is 4.14. The molecule has 0 radical (unpaired) electrons. The first-order chi connectivity index (χ1) is 13.6. The first-order valence-electron chi connectivity index (χ1n) is 9.69. The maximum atomic E-state index is 13.5. The molecule has 0 aliphatic carbocycles. The third kappa shape index (κ3) is 3.76. The van der Waals surface area contributed by atoms with Crippen molar-refractivity contribution in [3.8, 4) is 0 Å². The Kier molecular flexibility index (Phi) is 5.35. The third-order valence-electron chi connectivity index (χ3n) is 5.59. The highest BCUT2D eigenvalue weighted by molar-refractivity contribution is 5.94. The van der Waals surface area contributed by atoms with E-state index in [4.69, 9.17) is 0 Å². The van der Waals surface area contributed by atoms with Gasteiger partial charge in [0.2, 0.25) is 0 Å². The topological polar surface area (TPSA) is 33.5 Å². The minimum atomic E-state index is -1.01. The van der Waals surface area contributed by atoms with Crippen molar-refractivity contribution in [1.29, 1.82) is 0 Å². The van der Waals surface area contributed by atoms with Gasteiger partial charge in [0.1, 0.15) is 6.04 Å². The quantitative estimate of drug-likeness (QED) is 0.699. The minimum Gasteiger partial charge on any atom is -0.346 e. The van der Waals surface area contributed by atoms with Crippen LogP contribution in [-0.4, -0.2) is 25.5 Å². The number of carbonyl (C=O) groups excluding carboxylic acids is 1. The predicted octanol–water partition coefficient (Wildman–Crippen LogP) is 3.27. The summed E-state index contributed by atoms with van der Waals surface area (Å²) >= 11 is 0. The van der Waals surface area contributed by atoms with Crippen LogP contribution < -0.4 is 10.2 Å². The van der Waals surface area contributed by atoms with Crippen LogP contribution in [0.25, 0.3) is 10.8 Å². The van der Waals surface area contributed by atoms with Gasteiger partial charge in [0, 0.05) is 24.0 Å². The number of fused-ring (bicyclic) bond motifs is 1. The van der Waals surface area contributed by atoms with Gasteiger partial charge in [0.05, 0.1) is 19.6 Å². The Morgan fingerprint density at radius 2 is 1.71 bits per heavy atom. The summed E-state index contributed by atoms with van der Waals surface area (Å²) in [5.74, 6) is -2.35. The molecule has 1 fully saturated rings. The van der Waals surface area contributed by atoms with Crippen LogP contribution in [0.2, 0.25) is 0 Å². The summed E-state index contributed by atoms with van der Waals surface area (Å²) in [5.41, 5.74) is 1.34. The average Bonchev–Trinajstić information content (AvgIpc) is 3.25. The molecule has 0 saturated carbocycles. The second-order valence-electron chi connectivity index (χ2n) is 7.33. The molecule has 0 spiro atoms. The van der Waals surface area contributed by atoms with Gasteiger partial charge in [-0.15, -0.1) is 0 Å². The first-order valence-corrected chi connectivity index (χ1v) is 9.69. The molecule has 3 aromatic rings. The van der Waals surface area contributed by atoms with Gasteiger partial charge < -0.3 is 10.2 Å². The van der Waals surface area contributed by atoms with Crippen LogP contribution in [0.5, 0.6) is 0 Å². The maximum Gasteiger partial charge on any atom is 0.251 e. The van der Waals surface area contributed by atoms with Crippen molar-refractivity contribution in [2.24, 2.45) is 0 Å². The molecule has 2 N–H and O–H groups in total. The number of benzene rings is 3. The lowest BCUT2D eigenvalue weighted by atomic mass is 9.97. The van der Waals surface area contributed by atoms with E-state index in [1.807, 2.05) is 12.1 Å². The zero-order valence-corrected chi connectivity index (χ0v) is 15.6. The summed E-state index contributed by atoms with van der Waals surface area (Å²) in [4.78, 5) is 14.0. The zero-order chi connectivity index (χ0) is 19.5. The Morgan fingerprint density at radius 3 is 2.50 bits per heavy atom. The highest BCUT2D eigenvalue weighted by atomic mass is 19.2. The van der Waals surface area contributed by atoms with Crippen molar-refractivity contribution in [2.45, 2.75) is 18.9 Å². The Hall–Kier alpha value is -2.79. The molecular weight excluding hydrogens is 358 g/mol. The molecule has 3 aromatic carbocycles. The second-order valence-corrected chi connectivity index (χ2v) is 7.33. The smallest absolute Gasteiger partial charge is 0.251 e. The number of hydrogen-bond acceptors (Lipinski definition) is 1. The van der Waals surface area contributed by atoms with Crippen LogP contribution in [0, 0.1) is 11.6 Å². The van der Waals surface area contributed by atoms with Crippen LogP contribution in [0.1, 0.15) is 34.8 Å². The molecule has 4 rings (SSSR count). The molecule has 5 heteroatoms. The summed E-state index contributed by atoms with van der Waals surface area (Å²) < 4.78 is 26.6. The maximum absolute atomic E-state index is 13.5. The number of carbonyl (C=O) groups is 1. The van der Waals surface area contributed by atoms with Crippen LogP contribution >= 0.6 is 0 Å². The van der Waals surface area contributed by atoms with E-state index in [-0.39, 0.29) is 17.5 Å². The number of rotatable bonds is 5. The average molecular weight is 381 g/mol. The van der Waals surface area contributed by atoms with Crippen molar-refractivity contribution in [1.82, 2.24) is 5.32 Å². The first kappa shape index (κ1) is 18.6. The normalized spacial score (nSPS) is 15.6. The van der Waals surface area contributed by atoms with Crippen molar-refractivity contribution in [2.75, 3.05) is 19.6 Å². The van der Waals surface area contributed by atoms with Gasteiger partial charge in [-0.1, -0.05) is 42.5 Å². The predicted molar refractivity (Wildman–Crippen MR) is 105 cm³/mol. The molecule has 0 unspecified atom stereocenters. The fraction of sp³-hybridized carbons (Fsp3) is 0.261. The van der Waals surface area contributed by atoms with Gasteiger partial charge in [-0.3, -0.25) is 4.79 Å². The monoisotopic (exact) mass is 381 g/mol. The number of quaternary nitrogens is 1. The highest BCUT2D eigenvalue weighted by Gasteiger charge is 2.29. The molecule has 1 atom stereocenters. The molecule has 0 aromatic heterocycles. The molecule has 3 nitrogen and oxygen atoms in total. The molecular formula is C23H23F2N2O+. The number of halogens is 2. The summed E-state index contributed by atoms with van der Waals surface area (Å²) in [6, 6.07) is 17.9. The molecule has 1 aliphatic heterocycles. The zero-order valence-electron chi connectivity index (χ0n) is 15.6. The molecule has 1 aliphatic rings. The van der Waals surface area contributed by atoms with E-state index in [9.17, 15) is 13.6 Å². The van der Waals surface area contributed by atoms with Gasteiger partial charge in [0.25, 0.3) is 5.91 Å². The van der Waals surface area contributed by atoms with E-state index in [0.29, 0.717) is 6.54 Å². The van der Waals surface area contributed by atoms with Gasteiger partial charge >= 0.3 is 0 Å². The molecule has 144 valence electrons. The number of likely N-dealkylation sites (tertiary alicyclic amines) is 1. The van der Waals surface area contributed by atoms with Gasteiger partial charge in [-0.25, -0.2) is 8.78 Å². The largest absolute Gasteiger partial charge is 0.346 e. The second kappa shape index (κ2) is 8.07. The van der Waals surface area contributed by atoms with Crippen LogP contribution in [-0.2, 0) is 0 Å². The summed E-state index contributed by atoms with van der Waals surface area (Å²) in [7, 11) is 0. The van der Waals surface area contributed by atoms with E-state index in [2.05, 4.69) is 35.6 Å². The van der Waals surface area contributed by atoms with Crippen molar-refractivity contribution >= 4 is 16.7 Å². The number of amides is 1. The van der Waals surface area contributed by atoms with Gasteiger partial charge in [0.15, 0.2) is 11.6 Å². The van der Waals surface area contributed by atoms with Crippen LogP contribution in [0.4, 0.5) is 8.78 Å². The SMILES string of the molecule is O=C(NC[C@H](c1cccc2ccccc12)[NH+]1CCCC1)c1ccc(F)c(F)c1. The fourth-order valence-electron chi connectivity index (χ4n) is 4.14. The standard InChI is InChI=1S/C23H22F2N2O/c24-20-11-10-17(14-21(20)25)23(28)26-15-22(27-12-3-4-13-27)19-9-5-7-16-6-1-2-8-18(16)19/h1-2,5-11,14,22H,3-4,12-13,15H2,(H,26,28)/p+1/t22-/m1/s1. The molecule has 1 heterocycles. The number of nitrogens with one attached hydrogen (secondary N) is 2. The summed E-state index contributed by atoms with van der Waals surface area (Å²) in [5, 5.41) is 5.30. The number of hydrogen-bond donors (Lipinski definition) is 2. The highest BCUT2D eigenvalue weighted by Crippen LogP contribution is 2.23. The Balaban J connectivity index is 1.60. The van der Waals surface area contributed by atoms with E-state index in [1.54, 1.807) is 0 Å². The van der Waals surface area contributed by atoms with E-state index in [0.717, 1.165) is 25.2 Å². The summed E-state index contributed by atoms with van der Waals surface area (Å²) in [6.45, 7) is 2.57. The lowest BCUT2D eigenvalue weighted by molar-refractivity contribution is -0.918. The van der Waals surface area contributed by atoms with Crippen molar-refractivity contribution in [3.05, 3.63) is 83.4 Å². The van der Waals surface area contributed by atoms with Crippen molar-refractivity contribution in [3.63, 3.8) is 0 Å². The Bertz CT molecular complexity index is 994. The van der Waals surface area contributed by atoms with Gasteiger partial charge in [-0.05, 0) is 29.0 Å². The van der Waals surface area contributed by atoms with E-state index in [1.165, 1.54) is 40.1 Å². The van der Waals surface area contributed by atoms with Crippen LogP contribution in [0.3, 0.4) is 0 Å². The minimum absolute atomic E-state index is 0.114. The molecule has 1 saturated heterocycles. The summed E-state index contributed by atoms with van der Waals surface area (Å²) in [6.07, 6.45) is 2.35. The Labute approximate surface area is 163 Å². The molecule has 28 heavy (non-hydrogen) atoms. The third-order valence-corrected chi connectivity index (χ3v) is 5.59. The van der Waals surface area contributed by atoms with Crippen LogP contribution in [0.15, 0.2) is 60.7 Å².